The number of aliphatic imine (C=N–C) groups is 1. The van der Waals surface area contributed by atoms with Gasteiger partial charge in [-0.15, -0.1) is 0 Å². The number of rotatable bonds is 3. The van der Waals surface area contributed by atoms with Crippen LogP contribution in [0.3, 0.4) is 0 Å². The van der Waals surface area contributed by atoms with Crippen molar-refractivity contribution >= 4 is 5.96 Å². The number of ether oxygens (including phenoxy) is 1. The van der Waals surface area contributed by atoms with E-state index in [0.717, 1.165) is 12.2 Å². The first-order valence-corrected chi connectivity index (χ1v) is 6.24. The Balaban J connectivity index is 1.95. The van der Waals surface area contributed by atoms with E-state index in [1.54, 1.807) is 7.05 Å². The largest absolute Gasteiger partial charge is 0.490 e. The zero-order valence-electron chi connectivity index (χ0n) is 11.2. The fourth-order valence-electron chi connectivity index (χ4n) is 2.24. The summed E-state index contributed by atoms with van der Waals surface area (Å²) in [6.07, 6.45) is 1.15. The van der Waals surface area contributed by atoms with Gasteiger partial charge in [0.15, 0.2) is 5.96 Å². The Hall–Kier alpha value is -1.71. The molecule has 0 unspecified atom stereocenters. The number of hydrogen-bond donors (Lipinski definition) is 2. The predicted molar refractivity (Wildman–Crippen MR) is 73.7 cm³/mol. The third kappa shape index (κ3) is 2.42. The summed E-state index contributed by atoms with van der Waals surface area (Å²) in [4.78, 5) is 3.93. The molecule has 1 aromatic rings. The van der Waals surface area contributed by atoms with E-state index in [9.17, 15) is 0 Å². The summed E-state index contributed by atoms with van der Waals surface area (Å²) in [5.74, 6) is 1.41. The maximum Gasteiger partial charge on any atom is 0.188 e. The van der Waals surface area contributed by atoms with E-state index in [2.05, 4.69) is 24.2 Å². The van der Waals surface area contributed by atoms with Crippen LogP contribution in [0.5, 0.6) is 5.75 Å². The number of hydrogen-bond acceptors (Lipinski definition) is 2. The second-order valence-electron chi connectivity index (χ2n) is 5.28. The molecule has 1 fully saturated rings. The van der Waals surface area contributed by atoms with Crippen LogP contribution in [0.4, 0.5) is 0 Å². The summed E-state index contributed by atoms with van der Waals surface area (Å²) in [5.41, 5.74) is 5.75. The highest BCUT2D eigenvalue weighted by molar-refractivity contribution is 5.78. The first-order chi connectivity index (χ1) is 8.54. The second kappa shape index (κ2) is 4.88. The monoisotopic (exact) mass is 247 g/mol. The second-order valence-corrected chi connectivity index (χ2v) is 5.28. The van der Waals surface area contributed by atoms with Crippen molar-refractivity contribution in [2.75, 3.05) is 7.05 Å². The van der Waals surface area contributed by atoms with Gasteiger partial charge < -0.3 is 15.8 Å². The topological polar surface area (TPSA) is 59.6 Å². The van der Waals surface area contributed by atoms with Crippen LogP contribution in [-0.4, -0.2) is 25.2 Å². The van der Waals surface area contributed by atoms with Crippen molar-refractivity contribution in [3.63, 3.8) is 0 Å². The van der Waals surface area contributed by atoms with E-state index in [1.807, 2.05) is 30.3 Å². The predicted octanol–water partition coefficient (Wildman–Crippen LogP) is 1.77. The van der Waals surface area contributed by atoms with Gasteiger partial charge in [-0.3, -0.25) is 4.99 Å². The van der Waals surface area contributed by atoms with Crippen molar-refractivity contribution < 1.29 is 4.74 Å². The highest BCUT2D eigenvalue weighted by Crippen LogP contribution is 2.42. The Morgan fingerprint density at radius 3 is 2.61 bits per heavy atom. The maximum atomic E-state index is 5.99. The van der Waals surface area contributed by atoms with E-state index in [0.29, 0.717) is 12.0 Å². The van der Waals surface area contributed by atoms with Gasteiger partial charge in [-0.25, -0.2) is 0 Å². The van der Waals surface area contributed by atoms with Crippen LogP contribution in [-0.2, 0) is 0 Å². The summed E-state index contributed by atoms with van der Waals surface area (Å²) >= 11 is 0. The Bertz CT molecular complexity index is 428. The highest BCUT2D eigenvalue weighted by atomic mass is 16.5. The van der Waals surface area contributed by atoms with Gasteiger partial charge in [0.1, 0.15) is 11.9 Å². The minimum Gasteiger partial charge on any atom is -0.490 e. The Labute approximate surface area is 108 Å². The molecule has 2 rings (SSSR count). The van der Waals surface area contributed by atoms with Crippen LogP contribution < -0.4 is 15.8 Å². The van der Waals surface area contributed by atoms with Crippen molar-refractivity contribution in [3.05, 3.63) is 30.3 Å². The minimum atomic E-state index is 0.0468. The Morgan fingerprint density at radius 1 is 1.39 bits per heavy atom. The minimum absolute atomic E-state index is 0.0468. The SMILES string of the molecule is CN=C(N)N[C@H]1C[C@@H](Oc2ccccc2)C1(C)C. The van der Waals surface area contributed by atoms with E-state index < -0.39 is 0 Å². The quantitative estimate of drug-likeness (QED) is 0.632. The van der Waals surface area contributed by atoms with Crippen LogP contribution in [0, 0.1) is 5.41 Å². The Kier molecular flexibility index (Phi) is 3.45. The van der Waals surface area contributed by atoms with Crippen molar-refractivity contribution in [2.24, 2.45) is 16.1 Å². The first kappa shape index (κ1) is 12.7. The molecular formula is C14H21N3O. The molecule has 3 N–H and O–H groups in total. The van der Waals surface area contributed by atoms with Gasteiger partial charge in [0, 0.05) is 24.9 Å². The third-order valence-electron chi connectivity index (χ3n) is 3.76. The van der Waals surface area contributed by atoms with E-state index in [-0.39, 0.29) is 11.5 Å². The molecule has 1 aliphatic carbocycles. The van der Waals surface area contributed by atoms with Crippen LogP contribution >= 0.6 is 0 Å². The van der Waals surface area contributed by atoms with Crippen molar-refractivity contribution in [3.8, 4) is 5.75 Å². The molecular weight excluding hydrogens is 226 g/mol. The molecule has 98 valence electrons. The van der Waals surface area contributed by atoms with E-state index in [4.69, 9.17) is 10.5 Å². The third-order valence-corrected chi connectivity index (χ3v) is 3.76. The molecule has 0 heterocycles. The lowest BCUT2D eigenvalue weighted by molar-refractivity contribution is -0.0479. The zero-order chi connectivity index (χ0) is 13.2. The number of nitrogens with zero attached hydrogens (tertiary/aromatic N) is 1. The maximum absolute atomic E-state index is 5.99. The van der Waals surface area contributed by atoms with Gasteiger partial charge in [-0.05, 0) is 12.1 Å². The summed E-state index contributed by atoms with van der Waals surface area (Å²) in [7, 11) is 1.69. The van der Waals surface area contributed by atoms with Gasteiger partial charge in [0.05, 0.1) is 0 Å². The lowest BCUT2D eigenvalue weighted by Crippen LogP contribution is -2.64. The van der Waals surface area contributed by atoms with Gasteiger partial charge >= 0.3 is 0 Å². The molecule has 0 bridgehead atoms. The molecule has 0 radical (unpaired) electrons. The fraction of sp³-hybridized carbons (Fsp3) is 0.500. The number of benzene rings is 1. The molecule has 4 nitrogen and oxygen atoms in total. The zero-order valence-corrected chi connectivity index (χ0v) is 11.2. The van der Waals surface area contributed by atoms with Crippen LogP contribution in [0.2, 0.25) is 0 Å². The molecule has 1 aliphatic rings. The standard InChI is InChI=1S/C14H21N3O/c1-14(2)11(17-13(15)16-3)9-12(14)18-10-7-5-4-6-8-10/h4-8,11-12H,9H2,1-3H3,(H3,15,16,17)/t11-,12+/m0/s1. The summed E-state index contributed by atoms with van der Waals surface area (Å²) in [6, 6.07) is 10.2. The van der Waals surface area contributed by atoms with E-state index in [1.165, 1.54) is 0 Å². The molecule has 0 amide bonds. The van der Waals surface area contributed by atoms with Gasteiger partial charge in [0.25, 0.3) is 0 Å². The van der Waals surface area contributed by atoms with Crippen molar-refractivity contribution in [1.82, 2.24) is 5.32 Å². The normalized spacial score (nSPS) is 26.3. The van der Waals surface area contributed by atoms with Gasteiger partial charge in [-0.1, -0.05) is 32.0 Å². The number of guanidine groups is 1. The highest BCUT2D eigenvalue weighted by Gasteiger charge is 2.50. The molecule has 0 saturated heterocycles. The lowest BCUT2D eigenvalue weighted by atomic mass is 9.64. The average Bonchev–Trinajstić information content (AvgIpc) is 2.38. The Morgan fingerprint density at radius 2 is 2.06 bits per heavy atom. The average molecular weight is 247 g/mol. The summed E-state index contributed by atoms with van der Waals surface area (Å²) in [5, 5.41) is 3.22. The molecule has 2 atom stereocenters. The van der Waals surface area contributed by atoms with E-state index >= 15 is 0 Å². The molecule has 1 aromatic carbocycles. The molecule has 18 heavy (non-hydrogen) atoms. The van der Waals surface area contributed by atoms with Crippen LogP contribution in [0.15, 0.2) is 35.3 Å². The van der Waals surface area contributed by atoms with Crippen LogP contribution in [0.1, 0.15) is 20.3 Å². The number of para-hydroxylation sites is 1. The first-order valence-electron chi connectivity index (χ1n) is 6.24. The number of nitrogens with one attached hydrogen (secondary N) is 1. The van der Waals surface area contributed by atoms with Crippen molar-refractivity contribution in [2.45, 2.75) is 32.4 Å². The van der Waals surface area contributed by atoms with Gasteiger partial charge in [0.2, 0.25) is 0 Å². The molecule has 4 heteroatoms. The lowest BCUT2D eigenvalue weighted by Gasteiger charge is -2.51. The molecule has 0 spiro atoms. The molecule has 0 aliphatic heterocycles. The number of nitrogens with two attached hydrogens (primary N) is 1. The molecule has 0 aromatic heterocycles. The fourth-order valence-corrected chi connectivity index (χ4v) is 2.24. The molecule has 1 saturated carbocycles. The summed E-state index contributed by atoms with van der Waals surface area (Å²) < 4.78 is 5.99. The van der Waals surface area contributed by atoms with Crippen LogP contribution in [0.25, 0.3) is 0 Å². The summed E-state index contributed by atoms with van der Waals surface area (Å²) in [6.45, 7) is 4.37. The van der Waals surface area contributed by atoms with Gasteiger partial charge in [-0.2, -0.15) is 0 Å². The van der Waals surface area contributed by atoms with Crippen molar-refractivity contribution in [1.29, 1.82) is 0 Å². The smallest absolute Gasteiger partial charge is 0.188 e.